The zero-order valence-corrected chi connectivity index (χ0v) is 10.5. The standard InChI is InChI=1S/C10H17NO5S/c1-17(15,16)6-8(12)11-7-10(3-2-4-10)5-9(13)14/h2-7H2,1H3,(H,11,12)(H,13,14). The van der Waals surface area contributed by atoms with E-state index in [2.05, 4.69) is 5.32 Å². The minimum atomic E-state index is -3.33. The summed E-state index contributed by atoms with van der Waals surface area (Å²) in [4.78, 5) is 22.0. The molecule has 0 heterocycles. The Kier molecular flexibility index (Phi) is 4.13. The molecule has 1 saturated carbocycles. The van der Waals surface area contributed by atoms with Crippen molar-refractivity contribution < 1.29 is 23.1 Å². The molecule has 0 aromatic rings. The lowest BCUT2D eigenvalue weighted by Crippen LogP contribution is -2.44. The van der Waals surface area contributed by atoms with E-state index in [1.165, 1.54) is 0 Å². The number of carbonyl (C=O) groups excluding carboxylic acids is 1. The van der Waals surface area contributed by atoms with Gasteiger partial charge in [-0.1, -0.05) is 6.42 Å². The highest BCUT2D eigenvalue weighted by atomic mass is 32.2. The number of hydrogen-bond donors (Lipinski definition) is 2. The van der Waals surface area contributed by atoms with Gasteiger partial charge < -0.3 is 10.4 Å². The number of carboxylic acid groups (broad SMARTS) is 1. The van der Waals surface area contributed by atoms with E-state index in [9.17, 15) is 18.0 Å². The second kappa shape index (κ2) is 5.03. The molecule has 0 unspecified atom stereocenters. The predicted octanol–water partition coefficient (Wildman–Crippen LogP) is -0.208. The van der Waals surface area contributed by atoms with Crippen LogP contribution in [0, 0.1) is 5.41 Å². The molecule has 17 heavy (non-hydrogen) atoms. The molecule has 1 fully saturated rings. The van der Waals surface area contributed by atoms with Crippen LogP contribution in [-0.4, -0.2) is 44.0 Å². The molecule has 0 saturated heterocycles. The van der Waals surface area contributed by atoms with E-state index in [4.69, 9.17) is 5.11 Å². The Morgan fingerprint density at radius 1 is 1.35 bits per heavy atom. The SMILES string of the molecule is CS(=O)(=O)CC(=O)NCC1(CC(=O)O)CCC1. The first kappa shape index (κ1) is 14.0. The molecular formula is C10H17NO5S. The van der Waals surface area contributed by atoms with Gasteiger partial charge in [-0.05, 0) is 18.3 Å². The highest BCUT2D eigenvalue weighted by Gasteiger charge is 2.39. The normalized spacial score (nSPS) is 18.2. The van der Waals surface area contributed by atoms with Gasteiger partial charge in [-0.3, -0.25) is 9.59 Å². The van der Waals surface area contributed by atoms with Crippen molar-refractivity contribution >= 4 is 21.7 Å². The van der Waals surface area contributed by atoms with Crippen LogP contribution in [0.1, 0.15) is 25.7 Å². The van der Waals surface area contributed by atoms with Crippen molar-refractivity contribution in [1.29, 1.82) is 0 Å². The molecule has 1 aliphatic carbocycles. The molecule has 0 bridgehead atoms. The third-order valence-electron chi connectivity index (χ3n) is 2.99. The van der Waals surface area contributed by atoms with Crippen LogP contribution in [0.15, 0.2) is 0 Å². The lowest BCUT2D eigenvalue weighted by molar-refractivity contribution is -0.141. The first-order valence-electron chi connectivity index (χ1n) is 5.39. The first-order chi connectivity index (χ1) is 7.72. The summed E-state index contributed by atoms with van der Waals surface area (Å²) in [7, 11) is -3.33. The fourth-order valence-corrected chi connectivity index (χ4v) is 2.57. The van der Waals surface area contributed by atoms with Crippen LogP contribution in [0.25, 0.3) is 0 Å². The summed E-state index contributed by atoms with van der Waals surface area (Å²) in [6.45, 7) is 0.244. The van der Waals surface area contributed by atoms with Gasteiger partial charge in [0.25, 0.3) is 0 Å². The van der Waals surface area contributed by atoms with E-state index in [0.29, 0.717) is 0 Å². The minimum Gasteiger partial charge on any atom is -0.481 e. The average Bonchev–Trinajstić information content (AvgIpc) is 2.05. The molecule has 0 spiro atoms. The lowest BCUT2D eigenvalue weighted by Gasteiger charge is -2.40. The van der Waals surface area contributed by atoms with Gasteiger partial charge in [0.15, 0.2) is 9.84 Å². The second-order valence-electron chi connectivity index (χ2n) is 4.77. The Hall–Kier alpha value is -1.11. The summed E-state index contributed by atoms with van der Waals surface area (Å²) in [5.74, 6) is -2.00. The number of amides is 1. The molecule has 6 nitrogen and oxygen atoms in total. The molecule has 98 valence electrons. The third-order valence-corrected chi connectivity index (χ3v) is 3.78. The van der Waals surface area contributed by atoms with Crippen molar-refractivity contribution in [3.63, 3.8) is 0 Å². The Labute approximate surface area is 100 Å². The molecule has 0 aliphatic heterocycles. The third kappa shape index (κ3) is 4.72. The van der Waals surface area contributed by atoms with Gasteiger partial charge in [-0.2, -0.15) is 0 Å². The Morgan fingerprint density at radius 2 is 1.94 bits per heavy atom. The number of carbonyl (C=O) groups is 2. The quantitative estimate of drug-likeness (QED) is 0.690. The van der Waals surface area contributed by atoms with Crippen LogP contribution in [-0.2, 0) is 19.4 Å². The minimum absolute atomic E-state index is 0.0200. The Balaban J connectivity index is 2.43. The van der Waals surface area contributed by atoms with Crippen molar-refractivity contribution in [2.75, 3.05) is 18.6 Å². The summed E-state index contributed by atoms with van der Waals surface area (Å²) in [5.41, 5.74) is -0.376. The number of rotatable bonds is 6. The Morgan fingerprint density at radius 3 is 2.29 bits per heavy atom. The molecule has 1 rings (SSSR count). The largest absolute Gasteiger partial charge is 0.481 e. The van der Waals surface area contributed by atoms with Gasteiger partial charge in [0.05, 0.1) is 6.42 Å². The predicted molar refractivity (Wildman–Crippen MR) is 61.3 cm³/mol. The van der Waals surface area contributed by atoms with Crippen molar-refractivity contribution in [1.82, 2.24) is 5.32 Å². The van der Waals surface area contributed by atoms with Gasteiger partial charge in [0.2, 0.25) is 5.91 Å². The summed E-state index contributed by atoms with van der Waals surface area (Å²) in [5, 5.41) is 11.3. The fourth-order valence-electron chi connectivity index (χ4n) is 1.99. The van der Waals surface area contributed by atoms with E-state index < -0.39 is 27.5 Å². The molecule has 0 radical (unpaired) electrons. The smallest absolute Gasteiger partial charge is 0.303 e. The van der Waals surface area contributed by atoms with Crippen molar-refractivity contribution in [3.8, 4) is 0 Å². The highest BCUT2D eigenvalue weighted by molar-refractivity contribution is 7.91. The number of carboxylic acids is 1. The summed E-state index contributed by atoms with van der Waals surface area (Å²) in [6, 6.07) is 0. The zero-order valence-electron chi connectivity index (χ0n) is 9.73. The van der Waals surface area contributed by atoms with Crippen molar-refractivity contribution in [3.05, 3.63) is 0 Å². The molecule has 0 atom stereocenters. The highest BCUT2D eigenvalue weighted by Crippen LogP contribution is 2.43. The van der Waals surface area contributed by atoms with Crippen molar-refractivity contribution in [2.45, 2.75) is 25.7 Å². The number of sulfone groups is 1. The average molecular weight is 263 g/mol. The maximum absolute atomic E-state index is 11.3. The Bertz CT molecular complexity index is 410. The monoisotopic (exact) mass is 263 g/mol. The van der Waals surface area contributed by atoms with E-state index in [0.717, 1.165) is 25.5 Å². The van der Waals surface area contributed by atoms with E-state index >= 15 is 0 Å². The van der Waals surface area contributed by atoms with Gasteiger partial charge in [-0.15, -0.1) is 0 Å². The topological polar surface area (TPSA) is 101 Å². The van der Waals surface area contributed by atoms with Gasteiger partial charge >= 0.3 is 5.97 Å². The van der Waals surface area contributed by atoms with E-state index in [1.54, 1.807) is 0 Å². The van der Waals surface area contributed by atoms with E-state index in [-0.39, 0.29) is 18.4 Å². The zero-order chi connectivity index (χ0) is 13.1. The second-order valence-corrected chi connectivity index (χ2v) is 6.91. The van der Waals surface area contributed by atoms with E-state index in [1.807, 2.05) is 0 Å². The number of nitrogens with one attached hydrogen (secondary N) is 1. The molecule has 0 aromatic carbocycles. The van der Waals surface area contributed by atoms with Gasteiger partial charge in [0, 0.05) is 12.8 Å². The van der Waals surface area contributed by atoms with Gasteiger partial charge in [0.1, 0.15) is 5.75 Å². The molecular weight excluding hydrogens is 246 g/mol. The van der Waals surface area contributed by atoms with Crippen LogP contribution in [0.5, 0.6) is 0 Å². The molecule has 2 N–H and O–H groups in total. The molecule has 1 amide bonds. The van der Waals surface area contributed by atoms with Crippen LogP contribution in [0.3, 0.4) is 0 Å². The molecule has 7 heteroatoms. The van der Waals surface area contributed by atoms with Gasteiger partial charge in [-0.25, -0.2) is 8.42 Å². The summed E-state index contributed by atoms with van der Waals surface area (Å²) < 4.78 is 21.7. The van der Waals surface area contributed by atoms with Crippen LogP contribution in [0.4, 0.5) is 0 Å². The fraction of sp³-hybridized carbons (Fsp3) is 0.800. The number of hydrogen-bond acceptors (Lipinski definition) is 4. The molecule has 1 aliphatic rings. The lowest BCUT2D eigenvalue weighted by atomic mass is 9.66. The summed E-state index contributed by atoms with van der Waals surface area (Å²) >= 11 is 0. The van der Waals surface area contributed by atoms with Crippen LogP contribution in [0.2, 0.25) is 0 Å². The van der Waals surface area contributed by atoms with Crippen molar-refractivity contribution in [2.24, 2.45) is 5.41 Å². The summed E-state index contributed by atoms with van der Waals surface area (Å²) in [6.07, 6.45) is 3.49. The first-order valence-corrected chi connectivity index (χ1v) is 7.45. The maximum atomic E-state index is 11.3. The molecule has 0 aromatic heterocycles. The van der Waals surface area contributed by atoms with Crippen LogP contribution < -0.4 is 5.32 Å². The van der Waals surface area contributed by atoms with Crippen LogP contribution >= 0.6 is 0 Å². The number of aliphatic carboxylic acids is 1. The maximum Gasteiger partial charge on any atom is 0.303 e.